The summed E-state index contributed by atoms with van der Waals surface area (Å²) in [5.41, 5.74) is 2.57. The maximum Gasteiger partial charge on any atom is 0.159 e. The molecule has 2 rings (SSSR count). The van der Waals surface area contributed by atoms with Gasteiger partial charge in [0.05, 0.1) is 6.21 Å². The Labute approximate surface area is 110 Å². The molecule has 0 saturated heterocycles. The molecule has 4 heteroatoms. The summed E-state index contributed by atoms with van der Waals surface area (Å²) in [5, 5.41) is 3.81. The Balaban J connectivity index is 1.93. The van der Waals surface area contributed by atoms with Crippen molar-refractivity contribution >= 4 is 6.21 Å². The van der Waals surface area contributed by atoms with Crippen LogP contribution in [0, 0.1) is 18.6 Å². The predicted molar refractivity (Wildman–Crippen MR) is 69.9 cm³/mol. The van der Waals surface area contributed by atoms with E-state index < -0.39 is 11.6 Å². The number of halogens is 2. The highest BCUT2D eigenvalue weighted by Gasteiger charge is 2.02. The van der Waals surface area contributed by atoms with Crippen molar-refractivity contribution in [3.8, 4) is 0 Å². The minimum atomic E-state index is -0.885. The molecule has 2 aromatic carbocycles. The summed E-state index contributed by atoms with van der Waals surface area (Å²) in [7, 11) is 0. The van der Waals surface area contributed by atoms with Gasteiger partial charge in [0.15, 0.2) is 11.6 Å². The van der Waals surface area contributed by atoms with Gasteiger partial charge in [-0.1, -0.05) is 35.5 Å². The van der Waals surface area contributed by atoms with Gasteiger partial charge in [-0.05, 0) is 35.7 Å². The average molecular weight is 261 g/mol. The highest BCUT2D eigenvalue weighted by Crippen LogP contribution is 2.10. The molecule has 2 nitrogen and oxygen atoms in total. The zero-order chi connectivity index (χ0) is 13.7. The zero-order valence-corrected chi connectivity index (χ0v) is 10.4. The third kappa shape index (κ3) is 3.61. The standard InChI is InChI=1S/C15H13F2NO/c1-11-4-2-3-5-13(11)9-18-19-10-12-6-7-14(16)15(17)8-12/h2-9H,10H2,1H3. The average Bonchev–Trinajstić information content (AvgIpc) is 2.40. The van der Waals surface area contributed by atoms with Crippen LogP contribution in [0.5, 0.6) is 0 Å². The molecule has 0 fully saturated rings. The first kappa shape index (κ1) is 13.2. The lowest BCUT2D eigenvalue weighted by atomic mass is 10.1. The topological polar surface area (TPSA) is 21.6 Å². The number of hydrogen-bond donors (Lipinski definition) is 0. The molecular formula is C15H13F2NO. The number of oxime groups is 1. The molecule has 0 N–H and O–H groups in total. The van der Waals surface area contributed by atoms with Gasteiger partial charge in [-0.3, -0.25) is 0 Å². The Morgan fingerprint density at radius 2 is 1.89 bits per heavy atom. The summed E-state index contributed by atoms with van der Waals surface area (Å²) in [5.74, 6) is -1.75. The quantitative estimate of drug-likeness (QED) is 0.605. The molecule has 0 unspecified atom stereocenters. The van der Waals surface area contributed by atoms with Gasteiger partial charge in [-0.2, -0.15) is 0 Å². The monoisotopic (exact) mass is 261 g/mol. The van der Waals surface area contributed by atoms with Gasteiger partial charge in [0.2, 0.25) is 0 Å². The molecule has 0 saturated carbocycles. The number of aryl methyl sites for hydroxylation is 1. The fourth-order valence-electron chi connectivity index (χ4n) is 1.57. The Hall–Kier alpha value is -2.23. The fourth-order valence-corrected chi connectivity index (χ4v) is 1.57. The molecule has 0 radical (unpaired) electrons. The first-order chi connectivity index (χ1) is 9.16. The maximum atomic E-state index is 12.9. The first-order valence-corrected chi connectivity index (χ1v) is 5.82. The second-order valence-electron chi connectivity index (χ2n) is 4.11. The van der Waals surface area contributed by atoms with Crippen LogP contribution in [0.25, 0.3) is 0 Å². The van der Waals surface area contributed by atoms with E-state index in [1.807, 2.05) is 31.2 Å². The van der Waals surface area contributed by atoms with Crippen molar-refractivity contribution in [3.05, 3.63) is 70.8 Å². The number of benzene rings is 2. The lowest BCUT2D eigenvalue weighted by molar-refractivity contribution is 0.132. The molecular weight excluding hydrogens is 248 g/mol. The minimum Gasteiger partial charge on any atom is -0.391 e. The van der Waals surface area contributed by atoms with Crippen LogP contribution in [0.2, 0.25) is 0 Å². The van der Waals surface area contributed by atoms with Crippen LogP contribution in [0.1, 0.15) is 16.7 Å². The van der Waals surface area contributed by atoms with E-state index in [0.29, 0.717) is 5.56 Å². The van der Waals surface area contributed by atoms with Crippen molar-refractivity contribution < 1.29 is 13.6 Å². The van der Waals surface area contributed by atoms with E-state index >= 15 is 0 Å². The molecule has 0 bridgehead atoms. The summed E-state index contributed by atoms with van der Waals surface area (Å²) in [6.07, 6.45) is 1.59. The van der Waals surface area contributed by atoms with Crippen LogP contribution in [-0.4, -0.2) is 6.21 Å². The highest BCUT2D eigenvalue weighted by molar-refractivity contribution is 5.81. The van der Waals surface area contributed by atoms with Gasteiger partial charge in [-0.15, -0.1) is 0 Å². The van der Waals surface area contributed by atoms with Gasteiger partial charge in [0, 0.05) is 0 Å². The van der Waals surface area contributed by atoms with E-state index in [0.717, 1.165) is 23.3 Å². The zero-order valence-electron chi connectivity index (χ0n) is 10.4. The maximum absolute atomic E-state index is 12.9. The lowest BCUT2D eigenvalue weighted by Crippen LogP contribution is -1.92. The molecule has 0 aliphatic carbocycles. The molecule has 0 spiro atoms. The molecule has 0 aromatic heterocycles. The molecule has 0 aliphatic rings. The SMILES string of the molecule is Cc1ccccc1C=NOCc1ccc(F)c(F)c1. The van der Waals surface area contributed by atoms with E-state index in [1.54, 1.807) is 6.21 Å². The molecule has 0 amide bonds. The molecule has 0 aliphatic heterocycles. The van der Waals surface area contributed by atoms with Gasteiger partial charge in [0.1, 0.15) is 6.61 Å². The molecule has 2 aromatic rings. The van der Waals surface area contributed by atoms with Gasteiger partial charge in [0.25, 0.3) is 0 Å². The summed E-state index contributed by atoms with van der Waals surface area (Å²) in [6, 6.07) is 11.4. The molecule has 19 heavy (non-hydrogen) atoms. The predicted octanol–water partition coefficient (Wildman–Crippen LogP) is 3.82. The van der Waals surface area contributed by atoms with E-state index in [1.165, 1.54) is 6.07 Å². The van der Waals surface area contributed by atoms with E-state index in [9.17, 15) is 8.78 Å². The van der Waals surface area contributed by atoms with Crippen LogP contribution in [-0.2, 0) is 11.4 Å². The van der Waals surface area contributed by atoms with Crippen LogP contribution in [0.4, 0.5) is 8.78 Å². The number of rotatable bonds is 4. The van der Waals surface area contributed by atoms with Crippen molar-refractivity contribution in [3.63, 3.8) is 0 Å². The summed E-state index contributed by atoms with van der Waals surface area (Å²) in [6.45, 7) is 2.07. The summed E-state index contributed by atoms with van der Waals surface area (Å²) in [4.78, 5) is 5.05. The largest absolute Gasteiger partial charge is 0.391 e. The Morgan fingerprint density at radius 1 is 1.11 bits per heavy atom. The van der Waals surface area contributed by atoms with Crippen molar-refractivity contribution in [2.24, 2.45) is 5.16 Å². The van der Waals surface area contributed by atoms with Crippen molar-refractivity contribution in [1.29, 1.82) is 0 Å². The lowest BCUT2D eigenvalue weighted by Gasteiger charge is -2.01. The number of nitrogens with zero attached hydrogens (tertiary/aromatic N) is 1. The smallest absolute Gasteiger partial charge is 0.159 e. The highest BCUT2D eigenvalue weighted by atomic mass is 19.2. The normalized spacial score (nSPS) is 10.9. The third-order valence-electron chi connectivity index (χ3n) is 2.67. The van der Waals surface area contributed by atoms with Crippen LogP contribution < -0.4 is 0 Å². The van der Waals surface area contributed by atoms with Crippen molar-refractivity contribution in [2.75, 3.05) is 0 Å². The van der Waals surface area contributed by atoms with Gasteiger partial charge in [-0.25, -0.2) is 8.78 Å². The third-order valence-corrected chi connectivity index (χ3v) is 2.67. The van der Waals surface area contributed by atoms with Gasteiger partial charge < -0.3 is 4.84 Å². The Kier molecular flexibility index (Phi) is 4.23. The van der Waals surface area contributed by atoms with Crippen LogP contribution in [0.3, 0.4) is 0 Å². The molecule has 0 atom stereocenters. The Bertz CT molecular complexity index is 596. The minimum absolute atomic E-state index is 0.0968. The van der Waals surface area contributed by atoms with E-state index in [2.05, 4.69) is 5.16 Å². The second-order valence-corrected chi connectivity index (χ2v) is 4.11. The van der Waals surface area contributed by atoms with E-state index in [4.69, 9.17) is 4.84 Å². The summed E-state index contributed by atoms with van der Waals surface area (Å²) >= 11 is 0. The van der Waals surface area contributed by atoms with Crippen LogP contribution in [0.15, 0.2) is 47.6 Å². The summed E-state index contributed by atoms with van der Waals surface area (Å²) < 4.78 is 25.6. The molecule has 0 heterocycles. The second kappa shape index (κ2) is 6.09. The molecule has 98 valence electrons. The Morgan fingerprint density at radius 3 is 2.63 bits per heavy atom. The fraction of sp³-hybridized carbons (Fsp3) is 0.133. The van der Waals surface area contributed by atoms with E-state index in [-0.39, 0.29) is 6.61 Å². The number of hydrogen-bond acceptors (Lipinski definition) is 2. The van der Waals surface area contributed by atoms with Crippen molar-refractivity contribution in [2.45, 2.75) is 13.5 Å². The van der Waals surface area contributed by atoms with Gasteiger partial charge >= 0.3 is 0 Å². The first-order valence-electron chi connectivity index (χ1n) is 5.82. The van der Waals surface area contributed by atoms with Crippen LogP contribution >= 0.6 is 0 Å². The van der Waals surface area contributed by atoms with Crippen molar-refractivity contribution in [1.82, 2.24) is 0 Å².